The molecule has 1 heteroatoms. The third kappa shape index (κ3) is 1.22. The molecule has 0 fully saturated rings. The molecule has 1 aliphatic heterocycles. The SMILES string of the molecule is CCc1ccc2c(c1)C=CCN2. The Labute approximate surface area is 73.1 Å². The van der Waals surface area contributed by atoms with Crippen LogP contribution in [0.15, 0.2) is 24.3 Å². The first-order valence-electron chi connectivity index (χ1n) is 4.43. The summed E-state index contributed by atoms with van der Waals surface area (Å²) in [6.07, 6.45) is 5.45. The zero-order chi connectivity index (χ0) is 8.39. The predicted octanol–water partition coefficient (Wildman–Crippen LogP) is 2.69. The Balaban J connectivity index is 2.44. The molecular formula is C11H13N. The zero-order valence-electron chi connectivity index (χ0n) is 7.30. The van der Waals surface area contributed by atoms with E-state index in [1.54, 1.807) is 0 Å². The van der Waals surface area contributed by atoms with Gasteiger partial charge in [0.2, 0.25) is 0 Å². The highest BCUT2D eigenvalue weighted by Crippen LogP contribution is 2.21. The van der Waals surface area contributed by atoms with Crippen LogP contribution in [0, 0.1) is 0 Å². The van der Waals surface area contributed by atoms with Gasteiger partial charge in [0.05, 0.1) is 0 Å². The maximum atomic E-state index is 3.33. The average molecular weight is 159 g/mol. The van der Waals surface area contributed by atoms with Crippen molar-refractivity contribution in [1.82, 2.24) is 0 Å². The summed E-state index contributed by atoms with van der Waals surface area (Å²) in [5.74, 6) is 0. The van der Waals surface area contributed by atoms with Crippen LogP contribution < -0.4 is 5.32 Å². The monoisotopic (exact) mass is 159 g/mol. The third-order valence-corrected chi connectivity index (χ3v) is 2.23. The van der Waals surface area contributed by atoms with E-state index in [0.29, 0.717) is 0 Å². The van der Waals surface area contributed by atoms with Crippen molar-refractivity contribution in [3.63, 3.8) is 0 Å². The van der Waals surface area contributed by atoms with Crippen LogP contribution in [0.3, 0.4) is 0 Å². The first kappa shape index (κ1) is 7.41. The van der Waals surface area contributed by atoms with Crippen LogP contribution in [0.25, 0.3) is 6.08 Å². The van der Waals surface area contributed by atoms with Gasteiger partial charge in [-0.3, -0.25) is 0 Å². The highest BCUT2D eigenvalue weighted by molar-refractivity contribution is 5.70. The topological polar surface area (TPSA) is 12.0 Å². The molecule has 0 unspecified atom stereocenters. The Morgan fingerprint density at radius 2 is 2.33 bits per heavy atom. The first-order valence-corrected chi connectivity index (χ1v) is 4.43. The van der Waals surface area contributed by atoms with Crippen molar-refractivity contribution < 1.29 is 0 Å². The highest BCUT2D eigenvalue weighted by Gasteiger charge is 2.02. The summed E-state index contributed by atoms with van der Waals surface area (Å²) in [5.41, 5.74) is 3.98. The molecule has 0 radical (unpaired) electrons. The lowest BCUT2D eigenvalue weighted by atomic mass is 10.0. The van der Waals surface area contributed by atoms with E-state index in [1.807, 2.05) is 0 Å². The Morgan fingerprint density at radius 3 is 3.17 bits per heavy atom. The summed E-state index contributed by atoms with van der Waals surface area (Å²) >= 11 is 0. The van der Waals surface area contributed by atoms with Gasteiger partial charge in [-0.1, -0.05) is 25.1 Å². The summed E-state index contributed by atoms with van der Waals surface area (Å²) in [6, 6.07) is 6.60. The number of hydrogen-bond acceptors (Lipinski definition) is 1. The molecule has 1 heterocycles. The van der Waals surface area contributed by atoms with Gasteiger partial charge >= 0.3 is 0 Å². The largest absolute Gasteiger partial charge is 0.381 e. The van der Waals surface area contributed by atoms with Crippen LogP contribution in [0.5, 0.6) is 0 Å². The van der Waals surface area contributed by atoms with Crippen LogP contribution in [0.2, 0.25) is 0 Å². The van der Waals surface area contributed by atoms with E-state index < -0.39 is 0 Å². The zero-order valence-corrected chi connectivity index (χ0v) is 7.30. The van der Waals surface area contributed by atoms with Gasteiger partial charge in [0.25, 0.3) is 0 Å². The average Bonchev–Trinajstić information content (AvgIpc) is 2.17. The van der Waals surface area contributed by atoms with Crippen LogP contribution in [0.4, 0.5) is 5.69 Å². The predicted molar refractivity (Wildman–Crippen MR) is 53.3 cm³/mol. The van der Waals surface area contributed by atoms with Crippen LogP contribution in [-0.4, -0.2) is 6.54 Å². The number of anilines is 1. The summed E-state index contributed by atoms with van der Waals surface area (Å²) < 4.78 is 0. The number of hydrogen-bond donors (Lipinski definition) is 1. The molecule has 1 nitrogen and oxygen atoms in total. The summed E-state index contributed by atoms with van der Waals surface area (Å²) in [6.45, 7) is 3.14. The smallest absolute Gasteiger partial charge is 0.0416 e. The lowest BCUT2D eigenvalue weighted by molar-refractivity contribution is 1.13. The molecule has 1 aromatic rings. The van der Waals surface area contributed by atoms with Crippen molar-refractivity contribution in [2.24, 2.45) is 0 Å². The quantitative estimate of drug-likeness (QED) is 0.664. The Hall–Kier alpha value is -1.24. The fraction of sp³-hybridized carbons (Fsp3) is 0.273. The van der Waals surface area contributed by atoms with Crippen molar-refractivity contribution in [2.45, 2.75) is 13.3 Å². The van der Waals surface area contributed by atoms with Gasteiger partial charge in [0.15, 0.2) is 0 Å². The molecule has 62 valence electrons. The molecule has 0 spiro atoms. The summed E-state index contributed by atoms with van der Waals surface area (Å²) in [7, 11) is 0. The molecule has 0 amide bonds. The van der Waals surface area contributed by atoms with E-state index in [1.165, 1.54) is 16.8 Å². The fourth-order valence-electron chi connectivity index (χ4n) is 1.49. The second-order valence-electron chi connectivity index (χ2n) is 3.06. The van der Waals surface area contributed by atoms with Gasteiger partial charge in [0.1, 0.15) is 0 Å². The number of nitrogens with one attached hydrogen (secondary N) is 1. The van der Waals surface area contributed by atoms with Gasteiger partial charge < -0.3 is 5.32 Å². The van der Waals surface area contributed by atoms with Crippen molar-refractivity contribution in [3.8, 4) is 0 Å². The Kier molecular flexibility index (Phi) is 1.86. The van der Waals surface area contributed by atoms with Crippen LogP contribution in [0.1, 0.15) is 18.1 Å². The van der Waals surface area contributed by atoms with Crippen molar-refractivity contribution in [3.05, 3.63) is 35.4 Å². The third-order valence-electron chi connectivity index (χ3n) is 2.23. The first-order chi connectivity index (χ1) is 5.90. The van der Waals surface area contributed by atoms with Crippen molar-refractivity contribution >= 4 is 11.8 Å². The van der Waals surface area contributed by atoms with Crippen LogP contribution >= 0.6 is 0 Å². The molecule has 12 heavy (non-hydrogen) atoms. The summed E-state index contributed by atoms with van der Waals surface area (Å²) in [5, 5.41) is 3.33. The molecule has 1 N–H and O–H groups in total. The van der Waals surface area contributed by atoms with Crippen molar-refractivity contribution in [1.29, 1.82) is 0 Å². The highest BCUT2D eigenvalue weighted by atomic mass is 14.9. The fourth-order valence-corrected chi connectivity index (χ4v) is 1.49. The second-order valence-corrected chi connectivity index (χ2v) is 3.06. The molecule has 0 aromatic heterocycles. The van der Waals surface area contributed by atoms with E-state index in [4.69, 9.17) is 0 Å². The van der Waals surface area contributed by atoms with Crippen molar-refractivity contribution in [2.75, 3.05) is 11.9 Å². The standard InChI is InChI=1S/C11H13N/c1-2-9-5-6-11-10(8-9)4-3-7-12-11/h3-6,8,12H,2,7H2,1H3. The molecule has 0 saturated heterocycles. The minimum atomic E-state index is 0.957. The van der Waals surface area contributed by atoms with Gasteiger partial charge in [-0.2, -0.15) is 0 Å². The second kappa shape index (κ2) is 3.02. The lowest BCUT2D eigenvalue weighted by Gasteiger charge is -2.13. The molecule has 2 rings (SSSR count). The molecule has 1 aliphatic rings. The maximum absolute atomic E-state index is 3.33. The molecule has 0 atom stereocenters. The van der Waals surface area contributed by atoms with Gasteiger partial charge in [-0.15, -0.1) is 0 Å². The minimum absolute atomic E-state index is 0.957. The van der Waals surface area contributed by atoms with E-state index in [-0.39, 0.29) is 0 Å². The van der Waals surface area contributed by atoms with Gasteiger partial charge in [-0.05, 0) is 29.7 Å². The Morgan fingerprint density at radius 1 is 1.42 bits per heavy atom. The number of aryl methyl sites for hydroxylation is 1. The van der Waals surface area contributed by atoms with E-state index >= 15 is 0 Å². The lowest BCUT2D eigenvalue weighted by Crippen LogP contribution is -2.04. The number of fused-ring (bicyclic) bond motifs is 1. The number of rotatable bonds is 1. The molecule has 0 aliphatic carbocycles. The maximum Gasteiger partial charge on any atom is 0.0416 e. The van der Waals surface area contributed by atoms with E-state index in [0.717, 1.165) is 13.0 Å². The molecule has 0 bridgehead atoms. The van der Waals surface area contributed by atoms with E-state index in [9.17, 15) is 0 Å². The molecule has 0 saturated carbocycles. The molecular weight excluding hydrogens is 146 g/mol. The van der Waals surface area contributed by atoms with Gasteiger partial charge in [0, 0.05) is 12.2 Å². The summed E-state index contributed by atoms with van der Waals surface area (Å²) in [4.78, 5) is 0. The van der Waals surface area contributed by atoms with Crippen LogP contribution in [-0.2, 0) is 6.42 Å². The van der Waals surface area contributed by atoms with Gasteiger partial charge in [-0.25, -0.2) is 0 Å². The minimum Gasteiger partial charge on any atom is -0.381 e. The molecule has 1 aromatic carbocycles. The normalized spacial score (nSPS) is 13.8. The Bertz CT molecular complexity index is 313. The number of benzene rings is 1. The van der Waals surface area contributed by atoms with E-state index in [2.05, 4.69) is 42.6 Å².